The summed E-state index contributed by atoms with van der Waals surface area (Å²) in [6.45, 7) is 9.93. The van der Waals surface area contributed by atoms with E-state index in [0.29, 0.717) is 12.1 Å². The Morgan fingerprint density at radius 3 is 2.68 bits per heavy atom. The number of hydrogen-bond donors (Lipinski definition) is 1. The molecule has 0 aromatic carbocycles. The summed E-state index contributed by atoms with van der Waals surface area (Å²) in [7, 11) is 0. The minimum atomic E-state index is 0.383. The van der Waals surface area contributed by atoms with Crippen molar-refractivity contribution in [2.45, 2.75) is 71.1 Å². The van der Waals surface area contributed by atoms with Crippen LogP contribution < -0.4 is 5.32 Å². The summed E-state index contributed by atoms with van der Waals surface area (Å²) >= 11 is 0. The van der Waals surface area contributed by atoms with Crippen molar-refractivity contribution >= 4 is 0 Å². The quantitative estimate of drug-likeness (QED) is 0.903. The Kier molecular flexibility index (Phi) is 3.44. The van der Waals surface area contributed by atoms with Gasteiger partial charge in [-0.1, -0.05) is 0 Å². The van der Waals surface area contributed by atoms with Gasteiger partial charge in [-0.3, -0.25) is 4.90 Å². The van der Waals surface area contributed by atoms with Crippen molar-refractivity contribution in [3.63, 3.8) is 0 Å². The molecule has 2 aliphatic rings. The molecule has 2 heterocycles. The van der Waals surface area contributed by atoms with Crippen LogP contribution in [0.2, 0.25) is 0 Å². The molecule has 106 valence electrons. The maximum Gasteiger partial charge on any atom is 0.105 e. The van der Waals surface area contributed by atoms with E-state index >= 15 is 0 Å². The Hall–Kier alpha value is -0.800. The summed E-state index contributed by atoms with van der Waals surface area (Å²) in [4.78, 5) is 2.69. The summed E-state index contributed by atoms with van der Waals surface area (Å²) in [6, 6.07) is 4.80. The fourth-order valence-corrected chi connectivity index (χ4v) is 3.62. The van der Waals surface area contributed by atoms with Gasteiger partial charge in [0.15, 0.2) is 0 Å². The molecule has 0 amide bonds. The minimum Gasteiger partial charge on any atom is -0.466 e. The zero-order valence-electron chi connectivity index (χ0n) is 12.6. The molecule has 3 unspecified atom stereocenters. The molecule has 0 bridgehead atoms. The van der Waals surface area contributed by atoms with Gasteiger partial charge in [-0.05, 0) is 53.0 Å². The monoisotopic (exact) mass is 262 g/mol. The Morgan fingerprint density at radius 2 is 2.11 bits per heavy atom. The first kappa shape index (κ1) is 13.2. The molecule has 1 aromatic rings. The van der Waals surface area contributed by atoms with Crippen molar-refractivity contribution in [1.82, 2.24) is 10.2 Å². The Balaban J connectivity index is 1.61. The molecule has 3 atom stereocenters. The third-order valence-corrected chi connectivity index (χ3v) is 4.67. The van der Waals surface area contributed by atoms with Crippen LogP contribution in [0.4, 0.5) is 0 Å². The zero-order valence-corrected chi connectivity index (χ0v) is 12.6. The van der Waals surface area contributed by atoms with Gasteiger partial charge < -0.3 is 9.73 Å². The highest BCUT2D eigenvalue weighted by Gasteiger charge is 2.39. The number of furan rings is 1. The molecular formula is C16H26N2O. The van der Waals surface area contributed by atoms with Gasteiger partial charge in [0.2, 0.25) is 0 Å². The molecule has 1 saturated heterocycles. The SMILES string of the molecule is Cc1cc(C(C)NC2CC(C)N(C3CC3)C2)c(C)o1. The first-order valence-corrected chi connectivity index (χ1v) is 7.63. The predicted molar refractivity (Wildman–Crippen MR) is 77.3 cm³/mol. The van der Waals surface area contributed by atoms with Crippen LogP contribution in [0.3, 0.4) is 0 Å². The Morgan fingerprint density at radius 1 is 1.37 bits per heavy atom. The van der Waals surface area contributed by atoms with Gasteiger partial charge in [-0.15, -0.1) is 0 Å². The van der Waals surface area contributed by atoms with Crippen LogP contribution in [0, 0.1) is 13.8 Å². The summed E-state index contributed by atoms with van der Waals surface area (Å²) in [5.41, 5.74) is 1.31. The van der Waals surface area contributed by atoms with Gasteiger partial charge in [0.25, 0.3) is 0 Å². The van der Waals surface area contributed by atoms with E-state index in [1.165, 1.54) is 31.4 Å². The molecular weight excluding hydrogens is 236 g/mol. The highest BCUT2D eigenvalue weighted by atomic mass is 16.3. The Labute approximate surface area is 116 Å². The first-order chi connectivity index (χ1) is 9.04. The number of rotatable bonds is 4. The van der Waals surface area contributed by atoms with E-state index in [0.717, 1.165) is 23.6 Å². The second-order valence-corrected chi connectivity index (χ2v) is 6.47. The van der Waals surface area contributed by atoms with Crippen molar-refractivity contribution in [1.29, 1.82) is 0 Å². The van der Waals surface area contributed by atoms with E-state index < -0.39 is 0 Å². The van der Waals surface area contributed by atoms with Crippen LogP contribution in [0.5, 0.6) is 0 Å². The maximum absolute atomic E-state index is 5.64. The van der Waals surface area contributed by atoms with Crippen LogP contribution >= 0.6 is 0 Å². The molecule has 1 aromatic heterocycles. The van der Waals surface area contributed by atoms with Crippen LogP contribution in [0.1, 0.15) is 56.2 Å². The number of nitrogens with zero attached hydrogens (tertiary/aromatic N) is 1. The van der Waals surface area contributed by atoms with Crippen molar-refractivity contribution < 1.29 is 4.42 Å². The standard InChI is InChI=1S/C16H26N2O/c1-10-7-14(9-18(10)15-5-6-15)17-12(3)16-8-11(2)19-13(16)4/h8,10,12,14-15,17H,5-7,9H2,1-4H3. The van der Waals surface area contributed by atoms with Gasteiger partial charge in [0.05, 0.1) is 0 Å². The van der Waals surface area contributed by atoms with Crippen LogP contribution in [0.25, 0.3) is 0 Å². The molecule has 2 fully saturated rings. The van der Waals surface area contributed by atoms with Gasteiger partial charge in [0, 0.05) is 36.3 Å². The van der Waals surface area contributed by atoms with Crippen molar-refractivity contribution in [2.24, 2.45) is 0 Å². The summed E-state index contributed by atoms with van der Waals surface area (Å²) in [5.74, 6) is 2.07. The molecule has 0 spiro atoms. The third-order valence-electron chi connectivity index (χ3n) is 4.67. The molecule has 3 nitrogen and oxygen atoms in total. The average molecular weight is 262 g/mol. The lowest BCUT2D eigenvalue weighted by atomic mass is 10.1. The van der Waals surface area contributed by atoms with E-state index in [9.17, 15) is 0 Å². The van der Waals surface area contributed by atoms with Gasteiger partial charge >= 0.3 is 0 Å². The van der Waals surface area contributed by atoms with E-state index in [-0.39, 0.29) is 0 Å². The largest absolute Gasteiger partial charge is 0.466 e. The maximum atomic E-state index is 5.64. The number of nitrogens with one attached hydrogen (secondary N) is 1. The summed E-state index contributed by atoms with van der Waals surface area (Å²) in [6.07, 6.45) is 4.09. The summed E-state index contributed by atoms with van der Waals surface area (Å²) in [5, 5.41) is 3.79. The van der Waals surface area contributed by atoms with E-state index in [1.54, 1.807) is 0 Å². The van der Waals surface area contributed by atoms with Crippen LogP contribution in [-0.4, -0.2) is 29.6 Å². The molecule has 3 rings (SSSR count). The van der Waals surface area contributed by atoms with Crippen LogP contribution in [-0.2, 0) is 0 Å². The van der Waals surface area contributed by atoms with E-state index in [2.05, 4.69) is 37.1 Å². The second-order valence-electron chi connectivity index (χ2n) is 6.47. The number of hydrogen-bond acceptors (Lipinski definition) is 3. The third kappa shape index (κ3) is 2.72. The normalized spacial score (nSPS) is 29.9. The number of aryl methyl sites for hydroxylation is 2. The van der Waals surface area contributed by atoms with Crippen molar-refractivity contribution in [2.75, 3.05) is 6.54 Å². The number of likely N-dealkylation sites (tertiary alicyclic amines) is 1. The minimum absolute atomic E-state index is 0.383. The second kappa shape index (κ2) is 4.95. The molecule has 1 aliphatic heterocycles. The molecule has 3 heteroatoms. The highest BCUT2D eigenvalue weighted by Crippen LogP contribution is 2.34. The fourth-order valence-electron chi connectivity index (χ4n) is 3.62. The average Bonchev–Trinajstić information content (AvgIpc) is 3.03. The smallest absolute Gasteiger partial charge is 0.105 e. The van der Waals surface area contributed by atoms with Gasteiger partial charge in [0.1, 0.15) is 11.5 Å². The lowest BCUT2D eigenvalue weighted by Crippen LogP contribution is -2.35. The van der Waals surface area contributed by atoms with E-state index in [4.69, 9.17) is 4.42 Å². The molecule has 1 N–H and O–H groups in total. The molecule has 1 saturated carbocycles. The van der Waals surface area contributed by atoms with Gasteiger partial charge in [-0.25, -0.2) is 0 Å². The molecule has 0 radical (unpaired) electrons. The topological polar surface area (TPSA) is 28.4 Å². The van der Waals surface area contributed by atoms with Gasteiger partial charge in [-0.2, -0.15) is 0 Å². The van der Waals surface area contributed by atoms with Crippen molar-refractivity contribution in [3.8, 4) is 0 Å². The first-order valence-electron chi connectivity index (χ1n) is 7.63. The zero-order chi connectivity index (χ0) is 13.6. The highest BCUT2D eigenvalue weighted by molar-refractivity contribution is 5.23. The van der Waals surface area contributed by atoms with E-state index in [1.807, 2.05) is 6.92 Å². The molecule has 19 heavy (non-hydrogen) atoms. The molecule has 1 aliphatic carbocycles. The van der Waals surface area contributed by atoms with Crippen LogP contribution in [0.15, 0.2) is 10.5 Å². The Bertz CT molecular complexity index is 450. The predicted octanol–water partition coefficient (Wildman–Crippen LogP) is 3.17. The lowest BCUT2D eigenvalue weighted by molar-refractivity contribution is 0.254. The fraction of sp³-hybridized carbons (Fsp3) is 0.750. The summed E-state index contributed by atoms with van der Waals surface area (Å²) < 4.78 is 5.64. The van der Waals surface area contributed by atoms with Crippen molar-refractivity contribution in [3.05, 3.63) is 23.2 Å². The lowest BCUT2D eigenvalue weighted by Gasteiger charge is -2.21.